The fourth-order valence-corrected chi connectivity index (χ4v) is 1.02. The maximum atomic E-state index is 11.1. The van der Waals surface area contributed by atoms with Crippen LogP contribution in [0.2, 0.25) is 0 Å². The van der Waals surface area contributed by atoms with Gasteiger partial charge in [0.05, 0.1) is 5.70 Å². The first-order valence-corrected chi connectivity index (χ1v) is 3.81. The lowest BCUT2D eigenvalue weighted by Crippen LogP contribution is -2.26. The van der Waals surface area contributed by atoms with Gasteiger partial charge in [-0.25, -0.2) is 0 Å². The summed E-state index contributed by atoms with van der Waals surface area (Å²) in [5.41, 5.74) is 0.387. The third kappa shape index (κ3) is 2.05. The van der Waals surface area contributed by atoms with Gasteiger partial charge >= 0.3 is 0 Å². The van der Waals surface area contributed by atoms with Crippen LogP contribution in [-0.4, -0.2) is 11.7 Å². The van der Waals surface area contributed by atoms with Gasteiger partial charge in [0.25, 0.3) is 0 Å². The molecule has 3 heteroatoms. The number of carbonyl (C=O) groups excluding carboxylic acids is 2. The quantitative estimate of drug-likeness (QED) is 0.624. The van der Waals surface area contributed by atoms with Gasteiger partial charge in [0, 0.05) is 6.92 Å². The number of rotatable bonds is 1. The lowest BCUT2D eigenvalue weighted by Gasteiger charge is -2.10. The molecular formula is C9H11NO2. The van der Waals surface area contributed by atoms with E-state index >= 15 is 0 Å². The van der Waals surface area contributed by atoms with Crippen LogP contribution in [0, 0.1) is 5.92 Å². The first kappa shape index (κ1) is 8.71. The Balaban J connectivity index is 2.74. The molecule has 1 atom stereocenters. The first-order chi connectivity index (χ1) is 5.59. The zero-order valence-electron chi connectivity index (χ0n) is 7.13. The normalized spacial score (nSPS) is 22.0. The van der Waals surface area contributed by atoms with Gasteiger partial charge in [-0.15, -0.1) is 0 Å². The van der Waals surface area contributed by atoms with Crippen molar-refractivity contribution in [2.24, 2.45) is 5.92 Å². The minimum absolute atomic E-state index is 0.136. The minimum atomic E-state index is -0.211. The van der Waals surface area contributed by atoms with E-state index in [9.17, 15) is 9.59 Å². The molecule has 0 saturated carbocycles. The maximum absolute atomic E-state index is 11.1. The first-order valence-electron chi connectivity index (χ1n) is 3.81. The molecule has 1 amide bonds. The molecule has 0 spiro atoms. The van der Waals surface area contributed by atoms with E-state index in [2.05, 4.69) is 5.32 Å². The van der Waals surface area contributed by atoms with Gasteiger partial charge in [0.2, 0.25) is 11.7 Å². The van der Waals surface area contributed by atoms with Crippen molar-refractivity contribution in [1.29, 1.82) is 0 Å². The highest BCUT2D eigenvalue weighted by molar-refractivity contribution is 6.06. The highest BCUT2D eigenvalue weighted by Gasteiger charge is 2.12. The van der Waals surface area contributed by atoms with Crippen LogP contribution in [0.3, 0.4) is 0 Å². The van der Waals surface area contributed by atoms with E-state index in [4.69, 9.17) is 0 Å². The summed E-state index contributed by atoms with van der Waals surface area (Å²) in [5, 5.41) is 2.48. The molecule has 64 valence electrons. The molecule has 1 aliphatic rings. The zero-order valence-corrected chi connectivity index (χ0v) is 7.13. The Morgan fingerprint density at radius 2 is 2.25 bits per heavy atom. The van der Waals surface area contributed by atoms with Crippen molar-refractivity contribution in [3.8, 4) is 0 Å². The lowest BCUT2D eigenvalue weighted by atomic mass is 10.0. The average Bonchev–Trinajstić information content (AvgIpc) is 1.96. The maximum Gasteiger partial charge on any atom is 0.221 e. The fourth-order valence-electron chi connectivity index (χ4n) is 1.02. The van der Waals surface area contributed by atoms with E-state index in [1.165, 1.54) is 13.0 Å². The summed E-state index contributed by atoms with van der Waals surface area (Å²) in [6.45, 7) is 3.34. The van der Waals surface area contributed by atoms with Gasteiger partial charge in [0.1, 0.15) is 0 Å². The van der Waals surface area contributed by atoms with Crippen molar-refractivity contribution in [2.75, 3.05) is 0 Å². The van der Waals surface area contributed by atoms with Crippen LogP contribution in [0.1, 0.15) is 13.8 Å². The summed E-state index contributed by atoms with van der Waals surface area (Å²) >= 11 is 0. The number of amides is 1. The minimum Gasteiger partial charge on any atom is -0.323 e. The summed E-state index contributed by atoms with van der Waals surface area (Å²) in [7, 11) is 0. The van der Waals surface area contributed by atoms with E-state index < -0.39 is 0 Å². The van der Waals surface area contributed by atoms with Crippen molar-refractivity contribution in [1.82, 2.24) is 5.32 Å². The Morgan fingerprint density at radius 3 is 2.83 bits per heavy atom. The predicted octanol–water partition coefficient (Wildman–Crippen LogP) is 0.781. The Hall–Kier alpha value is -1.38. The Labute approximate surface area is 71.1 Å². The van der Waals surface area contributed by atoms with E-state index in [0.29, 0.717) is 5.70 Å². The molecule has 1 unspecified atom stereocenters. The highest BCUT2D eigenvalue weighted by Crippen LogP contribution is 2.10. The number of allylic oxidation sites excluding steroid dienone is 3. The predicted molar refractivity (Wildman–Crippen MR) is 45.2 cm³/mol. The molecule has 3 nitrogen and oxygen atoms in total. The second-order valence-electron chi connectivity index (χ2n) is 2.84. The van der Waals surface area contributed by atoms with Crippen molar-refractivity contribution >= 4 is 11.7 Å². The standard InChI is InChI=1S/C9H11NO2/c1-6-3-4-9(12)8(5-6)10-7(2)11/h3-6H,1-2H3,(H,10,11). The van der Waals surface area contributed by atoms with Crippen LogP contribution in [0.4, 0.5) is 0 Å². The van der Waals surface area contributed by atoms with Crippen LogP contribution < -0.4 is 5.32 Å². The molecule has 1 rings (SSSR count). The molecule has 1 aliphatic carbocycles. The number of hydrogen-bond donors (Lipinski definition) is 1. The number of ketones is 1. The van der Waals surface area contributed by atoms with E-state index in [1.807, 2.05) is 6.92 Å². The molecule has 12 heavy (non-hydrogen) atoms. The third-order valence-corrected chi connectivity index (χ3v) is 1.56. The fraction of sp³-hybridized carbons (Fsp3) is 0.333. The Morgan fingerprint density at radius 1 is 1.58 bits per heavy atom. The topological polar surface area (TPSA) is 46.2 Å². The molecule has 0 aliphatic heterocycles. The second kappa shape index (κ2) is 3.34. The van der Waals surface area contributed by atoms with Crippen LogP contribution >= 0.6 is 0 Å². The number of hydrogen-bond acceptors (Lipinski definition) is 2. The summed E-state index contributed by atoms with van der Waals surface area (Å²) < 4.78 is 0. The molecule has 0 aromatic heterocycles. The lowest BCUT2D eigenvalue weighted by molar-refractivity contribution is -0.120. The van der Waals surface area contributed by atoms with Crippen molar-refractivity contribution in [2.45, 2.75) is 13.8 Å². The van der Waals surface area contributed by atoms with Gasteiger partial charge in [0.15, 0.2) is 0 Å². The molecular weight excluding hydrogens is 154 g/mol. The van der Waals surface area contributed by atoms with Crippen molar-refractivity contribution < 1.29 is 9.59 Å². The summed E-state index contributed by atoms with van der Waals surface area (Å²) in [5.74, 6) is -0.134. The SMILES string of the molecule is CC(=O)NC1=CC(C)C=CC1=O. The van der Waals surface area contributed by atoms with Crippen molar-refractivity contribution in [3.05, 3.63) is 23.9 Å². The highest BCUT2D eigenvalue weighted by atomic mass is 16.2. The molecule has 0 bridgehead atoms. The van der Waals surface area contributed by atoms with Gasteiger partial charge in [-0.2, -0.15) is 0 Å². The van der Waals surface area contributed by atoms with Crippen LogP contribution in [0.25, 0.3) is 0 Å². The summed E-state index contributed by atoms with van der Waals surface area (Å²) in [6, 6.07) is 0. The largest absolute Gasteiger partial charge is 0.323 e. The molecule has 0 aromatic rings. The number of nitrogens with one attached hydrogen (secondary N) is 1. The van der Waals surface area contributed by atoms with Gasteiger partial charge < -0.3 is 5.32 Å². The van der Waals surface area contributed by atoms with Gasteiger partial charge in [-0.1, -0.05) is 19.1 Å². The van der Waals surface area contributed by atoms with Gasteiger partial charge in [-0.05, 0) is 12.0 Å². The Kier molecular flexibility index (Phi) is 2.43. The van der Waals surface area contributed by atoms with E-state index in [0.717, 1.165) is 0 Å². The summed E-state index contributed by atoms with van der Waals surface area (Å²) in [6.07, 6.45) is 5.02. The molecule has 1 N–H and O–H groups in total. The molecule has 0 saturated heterocycles. The van der Waals surface area contributed by atoms with E-state index in [1.54, 1.807) is 12.2 Å². The van der Waals surface area contributed by atoms with Crippen molar-refractivity contribution in [3.63, 3.8) is 0 Å². The molecule has 0 aromatic carbocycles. The molecule has 0 radical (unpaired) electrons. The third-order valence-electron chi connectivity index (χ3n) is 1.56. The average molecular weight is 165 g/mol. The molecule has 0 heterocycles. The van der Waals surface area contributed by atoms with E-state index in [-0.39, 0.29) is 17.6 Å². The van der Waals surface area contributed by atoms with Crippen LogP contribution in [-0.2, 0) is 9.59 Å². The number of carbonyl (C=O) groups is 2. The second-order valence-corrected chi connectivity index (χ2v) is 2.84. The molecule has 0 fully saturated rings. The van der Waals surface area contributed by atoms with Crippen LogP contribution in [0.15, 0.2) is 23.9 Å². The van der Waals surface area contributed by atoms with Gasteiger partial charge in [-0.3, -0.25) is 9.59 Å². The monoisotopic (exact) mass is 165 g/mol. The van der Waals surface area contributed by atoms with Crippen LogP contribution in [0.5, 0.6) is 0 Å². The smallest absolute Gasteiger partial charge is 0.221 e. The Bertz CT molecular complexity index is 276. The summed E-state index contributed by atoms with van der Waals surface area (Å²) in [4.78, 5) is 21.7. The zero-order chi connectivity index (χ0) is 9.14.